The number of morpholine rings is 1. The summed E-state index contributed by atoms with van der Waals surface area (Å²) in [5, 5.41) is 0. The monoisotopic (exact) mass is 352 g/mol. The van der Waals surface area contributed by atoms with Crippen molar-refractivity contribution in [1.29, 1.82) is 0 Å². The largest absolute Gasteiger partial charge is 0.379 e. The van der Waals surface area contributed by atoms with Crippen LogP contribution >= 0.6 is 0 Å². The molecule has 2 atom stereocenters. The van der Waals surface area contributed by atoms with E-state index in [2.05, 4.69) is 21.8 Å². The number of hydrogen-bond acceptors (Lipinski definition) is 5. The molecule has 1 aromatic carbocycles. The van der Waals surface area contributed by atoms with Crippen molar-refractivity contribution in [1.82, 2.24) is 19.8 Å². The zero-order chi connectivity index (χ0) is 17.9. The molecule has 4 rings (SSSR count). The Morgan fingerprint density at radius 2 is 1.96 bits per heavy atom. The van der Waals surface area contributed by atoms with Crippen LogP contribution in [0.25, 0.3) is 17.1 Å². The fourth-order valence-electron chi connectivity index (χ4n) is 3.83. The second-order valence-electron chi connectivity index (χ2n) is 7.05. The Hall–Kier alpha value is -2.31. The second-order valence-corrected chi connectivity index (χ2v) is 7.05. The van der Waals surface area contributed by atoms with Crippen molar-refractivity contribution in [3.63, 3.8) is 0 Å². The lowest BCUT2D eigenvalue weighted by molar-refractivity contribution is -0.125. The van der Waals surface area contributed by atoms with Crippen LogP contribution in [0.5, 0.6) is 0 Å². The maximum atomic E-state index is 12.6. The summed E-state index contributed by atoms with van der Waals surface area (Å²) in [5.74, 6) is 0.522. The van der Waals surface area contributed by atoms with Crippen molar-refractivity contribution in [2.45, 2.75) is 13.0 Å². The molecule has 1 aromatic heterocycles. The number of fused-ring (bicyclic) bond motifs is 1. The van der Waals surface area contributed by atoms with E-state index in [1.54, 1.807) is 18.3 Å². The van der Waals surface area contributed by atoms with Gasteiger partial charge in [0.15, 0.2) is 0 Å². The number of carbonyl (C=O) groups is 1. The minimum Gasteiger partial charge on any atom is -0.379 e. The molecule has 6 heteroatoms. The second kappa shape index (κ2) is 7.51. The van der Waals surface area contributed by atoms with Crippen LogP contribution in [0.3, 0.4) is 0 Å². The van der Waals surface area contributed by atoms with Crippen molar-refractivity contribution in [2.24, 2.45) is 5.92 Å². The van der Waals surface area contributed by atoms with E-state index in [-0.39, 0.29) is 5.91 Å². The molecule has 136 valence electrons. The maximum absolute atomic E-state index is 12.6. The molecule has 0 bridgehead atoms. The number of nitrogens with zero attached hydrogens (tertiary/aromatic N) is 4. The Labute approximate surface area is 153 Å². The van der Waals surface area contributed by atoms with Gasteiger partial charge in [0.05, 0.1) is 36.1 Å². The van der Waals surface area contributed by atoms with E-state index in [0.29, 0.717) is 17.7 Å². The molecule has 2 fully saturated rings. The zero-order valence-corrected chi connectivity index (χ0v) is 15.0. The molecule has 3 heterocycles. The summed E-state index contributed by atoms with van der Waals surface area (Å²) < 4.78 is 5.44. The number of para-hydroxylation sites is 2. The number of aromatic nitrogens is 2. The fraction of sp³-hybridized carbons (Fsp3) is 0.450. The third kappa shape index (κ3) is 3.61. The van der Waals surface area contributed by atoms with Gasteiger partial charge in [-0.05, 0) is 24.1 Å². The minimum atomic E-state index is 0.0440. The molecule has 0 aliphatic carbocycles. The van der Waals surface area contributed by atoms with E-state index >= 15 is 0 Å². The number of carbonyl (C=O) groups excluding carboxylic acids is 1. The predicted molar refractivity (Wildman–Crippen MR) is 100 cm³/mol. The fourth-order valence-corrected chi connectivity index (χ4v) is 3.83. The molecule has 0 saturated carbocycles. The number of rotatable bonds is 3. The van der Waals surface area contributed by atoms with Gasteiger partial charge in [-0.1, -0.05) is 19.1 Å². The van der Waals surface area contributed by atoms with Gasteiger partial charge in [0.1, 0.15) is 0 Å². The molecular formula is C20H24N4O2. The number of likely N-dealkylation sites (tertiary alicyclic amines) is 1. The normalized spacial score (nSPS) is 24.6. The quantitative estimate of drug-likeness (QED) is 0.789. The topological polar surface area (TPSA) is 58.6 Å². The highest BCUT2D eigenvalue weighted by molar-refractivity contribution is 5.92. The van der Waals surface area contributed by atoms with Crippen molar-refractivity contribution < 1.29 is 9.53 Å². The smallest absolute Gasteiger partial charge is 0.246 e. The van der Waals surface area contributed by atoms with Crippen LogP contribution in [0.4, 0.5) is 0 Å². The van der Waals surface area contributed by atoms with Crippen LogP contribution in [0.15, 0.2) is 36.5 Å². The number of ether oxygens (including phenoxy) is 1. The molecule has 26 heavy (non-hydrogen) atoms. The Balaban J connectivity index is 1.41. The van der Waals surface area contributed by atoms with Gasteiger partial charge in [0.25, 0.3) is 0 Å². The summed E-state index contributed by atoms with van der Waals surface area (Å²) in [6.07, 6.45) is 5.08. The molecular weight excluding hydrogens is 328 g/mol. The molecule has 1 amide bonds. The molecule has 2 aliphatic heterocycles. The lowest BCUT2D eigenvalue weighted by atomic mass is 10.0. The first-order valence-electron chi connectivity index (χ1n) is 9.21. The van der Waals surface area contributed by atoms with Crippen LogP contribution < -0.4 is 0 Å². The number of hydrogen-bond donors (Lipinski definition) is 0. The number of amides is 1. The third-order valence-electron chi connectivity index (χ3n) is 5.26. The van der Waals surface area contributed by atoms with Gasteiger partial charge in [-0.2, -0.15) is 0 Å². The Kier molecular flexibility index (Phi) is 4.95. The van der Waals surface area contributed by atoms with E-state index < -0.39 is 0 Å². The van der Waals surface area contributed by atoms with E-state index in [0.717, 1.165) is 50.4 Å². The van der Waals surface area contributed by atoms with Gasteiger partial charge < -0.3 is 9.64 Å². The summed E-state index contributed by atoms with van der Waals surface area (Å²) in [7, 11) is 0. The van der Waals surface area contributed by atoms with E-state index in [9.17, 15) is 4.79 Å². The first-order valence-corrected chi connectivity index (χ1v) is 9.21. The molecule has 6 nitrogen and oxygen atoms in total. The number of benzene rings is 1. The average molecular weight is 352 g/mol. The first kappa shape index (κ1) is 17.1. The highest BCUT2D eigenvalue weighted by Gasteiger charge is 2.35. The third-order valence-corrected chi connectivity index (χ3v) is 5.26. The van der Waals surface area contributed by atoms with Gasteiger partial charge in [0, 0.05) is 38.3 Å². The summed E-state index contributed by atoms with van der Waals surface area (Å²) in [6, 6.07) is 8.16. The zero-order valence-electron chi connectivity index (χ0n) is 15.0. The average Bonchev–Trinajstić information content (AvgIpc) is 3.08. The highest BCUT2D eigenvalue weighted by atomic mass is 16.5. The molecule has 0 radical (unpaired) electrons. The summed E-state index contributed by atoms with van der Waals surface area (Å²) >= 11 is 0. The van der Waals surface area contributed by atoms with E-state index in [4.69, 9.17) is 4.74 Å². The summed E-state index contributed by atoms with van der Waals surface area (Å²) in [4.78, 5) is 25.9. The Bertz CT molecular complexity index is 816. The van der Waals surface area contributed by atoms with Crippen LogP contribution in [-0.2, 0) is 9.53 Å². The van der Waals surface area contributed by atoms with Gasteiger partial charge >= 0.3 is 0 Å². The Morgan fingerprint density at radius 3 is 2.77 bits per heavy atom. The van der Waals surface area contributed by atoms with Gasteiger partial charge in [-0.3, -0.25) is 14.7 Å². The minimum absolute atomic E-state index is 0.0440. The van der Waals surface area contributed by atoms with Crippen molar-refractivity contribution in [3.8, 4) is 0 Å². The summed E-state index contributed by atoms with van der Waals surface area (Å²) in [5.41, 5.74) is 2.40. The maximum Gasteiger partial charge on any atom is 0.246 e. The van der Waals surface area contributed by atoms with Crippen LogP contribution in [0.2, 0.25) is 0 Å². The molecule has 2 aromatic rings. The molecule has 2 aliphatic rings. The van der Waals surface area contributed by atoms with Crippen LogP contribution in [0, 0.1) is 5.92 Å². The lowest BCUT2D eigenvalue weighted by Crippen LogP contribution is -2.47. The first-order chi connectivity index (χ1) is 12.7. The Morgan fingerprint density at radius 1 is 1.19 bits per heavy atom. The van der Waals surface area contributed by atoms with Gasteiger partial charge in [-0.15, -0.1) is 0 Å². The lowest BCUT2D eigenvalue weighted by Gasteiger charge is -2.33. The van der Waals surface area contributed by atoms with Crippen LogP contribution in [-0.4, -0.2) is 71.1 Å². The van der Waals surface area contributed by atoms with Gasteiger partial charge in [0.2, 0.25) is 5.91 Å². The molecule has 2 unspecified atom stereocenters. The highest BCUT2D eigenvalue weighted by Crippen LogP contribution is 2.23. The standard InChI is InChI=1S/C20H24N4O2/c1-15-13-24(14-19(15)23-8-10-26-11-9-23)20(25)7-6-16-12-21-17-4-2-3-5-18(17)22-16/h2-7,12,15,19H,8-11,13-14H2,1H3/b7-6+. The van der Waals surface area contributed by atoms with Crippen molar-refractivity contribution in [3.05, 3.63) is 42.2 Å². The summed E-state index contributed by atoms with van der Waals surface area (Å²) in [6.45, 7) is 7.31. The van der Waals surface area contributed by atoms with E-state index in [1.807, 2.05) is 29.2 Å². The van der Waals surface area contributed by atoms with E-state index in [1.165, 1.54) is 0 Å². The van der Waals surface area contributed by atoms with Gasteiger partial charge in [-0.25, -0.2) is 4.98 Å². The molecule has 0 N–H and O–H groups in total. The molecule has 2 saturated heterocycles. The van der Waals surface area contributed by atoms with Crippen molar-refractivity contribution >= 4 is 23.0 Å². The molecule has 0 spiro atoms. The van der Waals surface area contributed by atoms with Crippen LogP contribution in [0.1, 0.15) is 12.6 Å². The predicted octanol–water partition coefficient (Wildman–Crippen LogP) is 1.82. The SMILES string of the molecule is CC1CN(C(=O)/C=C/c2cnc3ccccc3n2)CC1N1CCOCC1. The van der Waals surface area contributed by atoms with Crippen molar-refractivity contribution in [2.75, 3.05) is 39.4 Å².